The molecule has 7 heteroatoms. The van der Waals surface area contributed by atoms with Crippen molar-refractivity contribution in [3.05, 3.63) is 82.7 Å². The molecule has 1 fully saturated rings. The molecule has 1 aliphatic rings. The molecule has 1 aliphatic heterocycles. The van der Waals surface area contributed by atoms with Gasteiger partial charge in [-0.05, 0) is 48.7 Å². The number of hydrogen-bond donors (Lipinski definition) is 0. The quantitative estimate of drug-likeness (QED) is 0.496. The molecule has 0 N–H and O–H groups in total. The summed E-state index contributed by atoms with van der Waals surface area (Å²) in [5, 5.41) is 0. The van der Waals surface area contributed by atoms with Gasteiger partial charge >= 0.3 is 0 Å². The van der Waals surface area contributed by atoms with Crippen molar-refractivity contribution < 1.29 is 14.2 Å². The van der Waals surface area contributed by atoms with Crippen LogP contribution < -0.4 is 4.74 Å². The molecule has 4 rings (SSSR count). The van der Waals surface area contributed by atoms with Gasteiger partial charge in [-0.15, -0.1) is 0 Å². The molecule has 0 amide bonds. The Bertz CT molecular complexity index is 1040. The predicted octanol–water partition coefficient (Wildman–Crippen LogP) is 3.54. The fraction of sp³-hybridized carbons (Fsp3) is 0.423. The van der Waals surface area contributed by atoms with Gasteiger partial charge in [0.25, 0.3) is 0 Å². The van der Waals surface area contributed by atoms with Gasteiger partial charge in [-0.25, -0.2) is 9.97 Å². The highest BCUT2D eigenvalue weighted by molar-refractivity contribution is 5.34. The van der Waals surface area contributed by atoms with Crippen molar-refractivity contribution in [1.82, 2.24) is 19.9 Å². The molecule has 0 bridgehead atoms. The van der Waals surface area contributed by atoms with Crippen LogP contribution in [0.25, 0.3) is 0 Å². The fourth-order valence-corrected chi connectivity index (χ4v) is 4.12. The summed E-state index contributed by atoms with van der Waals surface area (Å²) in [5.41, 5.74) is 5.54. The number of morpholine rings is 1. The van der Waals surface area contributed by atoms with Crippen molar-refractivity contribution in [1.29, 1.82) is 0 Å². The van der Waals surface area contributed by atoms with Crippen LogP contribution in [0.15, 0.2) is 48.8 Å². The summed E-state index contributed by atoms with van der Waals surface area (Å²) in [6.07, 6.45) is 5.34. The molecule has 2 aromatic heterocycles. The first-order chi connectivity index (χ1) is 16.1. The van der Waals surface area contributed by atoms with Gasteiger partial charge in [0.2, 0.25) is 0 Å². The monoisotopic (exact) mass is 448 g/mol. The minimum Gasteiger partial charge on any atom is -0.497 e. The van der Waals surface area contributed by atoms with E-state index in [-0.39, 0.29) is 6.10 Å². The minimum absolute atomic E-state index is 0.0513. The minimum atomic E-state index is -0.0513. The third-order valence-electron chi connectivity index (χ3n) is 5.75. The Kier molecular flexibility index (Phi) is 7.99. The van der Waals surface area contributed by atoms with Crippen molar-refractivity contribution in [3.8, 4) is 5.75 Å². The van der Waals surface area contributed by atoms with E-state index in [2.05, 4.69) is 39.1 Å². The molecule has 0 saturated carbocycles. The summed E-state index contributed by atoms with van der Waals surface area (Å²) in [6.45, 7) is 5.82. The standard InChI is InChI=1S/C26H32N4O3/c1-19-11-21(12-20-5-4-6-23(13-20)32-3)14-24(29-19)25-18-30(8-10-33-25)17-22-15-27-26(28-16-22)7-9-31-2/h4-6,11,13-16,25H,7-10,12,17-18H2,1-3H3/t25-/m0/s1. The summed E-state index contributed by atoms with van der Waals surface area (Å²) in [5.74, 6) is 1.69. The van der Waals surface area contributed by atoms with Crippen molar-refractivity contribution in [3.63, 3.8) is 0 Å². The maximum absolute atomic E-state index is 6.12. The van der Waals surface area contributed by atoms with Crippen LogP contribution in [0.5, 0.6) is 5.75 Å². The number of pyridine rings is 1. The average Bonchev–Trinajstić information content (AvgIpc) is 2.83. The number of nitrogens with zero attached hydrogens (tertiary/aromatic N) is 4. The molecular weight excluding hydrogens is 416 g/mol. The SMILES string of the molecule is COCCc1ncc(CN2CCO[C@H](c3cc(Cc4cccc(OC)c4)cc(C)n3)C2)cn1. The van der Waals surface area contributed by atoms with Gasteiger partial charge in [-0.2, -0.15) is 0 Å². The number of aryl methyl sites for hydroxylation is 1. The maximum Gasteiger partial charge on any atom is 0.130 e. The normalized spacial score (nSPS) is 16.6. The van der Waals surface area contributed by atoms with Gasteiger partial charge in [0, 0.05) is 56.8 Å². The second kappa shape index (κ2) is 11.3. The zero-order chi connectivity index (χ0) is 23.0. The summed E-state index contributed by atoms with van der Waals surface area (Å²) in [7, 11) is 3.38. The third kappa shape index (κ3) is 6.57. The van der Waals surface area contributed by atoms with E-state index in [0.29, 0.717) is 13.2 Å². The lowest BCUT2D eigenvalue weighted by molar-refractivity contribution is -0.0351. The lowest BCUT2D eigenvalue weighted by atomic mass is 10.0. The first-order valence-corrected chi connectivity index (χ1v) is 11.4. The van der Waals surface area contributed by atoms with Crippen LogP contribution in [0.4, 0.5) is 0 Å². The van der Waals surface area contributed by atoms with Crippen molar-refractivity contribution in [2.24, 2.45) is 0 Å². The number of methoxy groups -OCH3 is 2. The van der Waals surface area contributed by atoms with Gasteiger partial charge in [-0.3, -0.25) is 9.88 Å². The zero-order valence-electron chi connectivity index (χ0n) is 19.7. The van der Waals surface area contributed by atoms with Crippen LogP contribution in [-0.4, -0.2) is 60.4 Å². The molecule has 1 aromatic carbocycles. The van der Waals surface area contributed by atoms with Crippen LogP contribution in [-0.2, 0) is 28.9 Å². The second-order valence-corrected chi connectivity index (χ2v) is 8.41. The topological polar surface area (TPSA) is 69.6 Å². The molecule has 1 atom stereocenters. The molecular formula is C26H32N4O3. The van der Waals surface area contributed by atoms with Crippen LogP contribution in [0, 0.1) is 6.92 Å². The van der Waals surface area contributed by atoms with E-state index in [1.807, 2.05) is 31.5 Å². The Morgan fingerprint density at radius 2 is 1.91 bits per heavy atom. The second-order valence-electron chi connectivity index (χ2n) is 8.41. The van der Waals surface area contributed by atoms with E-state index in [0.717, 1.165) is 61.0 Å². The number of aromatic nitrogens is 3. The van der Waals surface area contributed by atoms with Crippen molar-refractivity contribution in [2.75, 3.05) is 40.5 Å². The van der Waals surface area contributed by atoms with Gasteiger partial charge in [0.05, 0.1) is 26.0 Å². The average molecular weight is 449 g/mol. The molecule has 3 aromatic rings. The molecule has 0 unspecified atom stereocenters. The summed E-state index contributed by atoms with van der Waals surface area (Å²) in [4.78, 5) is 16.1. The highest BCUT2D eigenvalue weighted by Crippen LogP contribution is 2.25. The molecule has 1 saturated heterocycles. The molecule has 3 heterocycles. The van der Waals surface area contributed by atoms with E-state index in [4.69, 9.17) is 19.2 Å². The van der Waals surface area contributed by atoms with E-state index in [9.17, 15) is 0 Å². The van der Waals surface area contributed by atoms with Gasteiger partial charge in [-0.1, -0.05) is 12.1 Å². The van der Waals surface area contributed by atoms with Crippen molar-refractivity contribution in [2.45, 2.75) is 32.4 Å². The summed E-state index contributed by atoms with van der Waals surface area (Å²) >= 11 is 0. The van der Waals surface area contributed by atoms with Gasteiger partial charge in [0.1, 0.15) is 17.7 Å². The lowest BCUT2D eigenvalue weighted by Gasteiger charge is -2.32. The van der Waals surface area contributed by atoms with Crippen LogP contribution in [0.2, 0.25) is 0 Å². The molecule has 7 nitrogen and oxygen atoms in total. The Hall–Kier alpha value is -2.87. The van der Waals surface area contributed by atoms with E-state index >= 15 is 0 Å². The Labute approximate surface area is 195 Å². The van der Waals surface area contributed by atoms with Crippen molar-refractivity contribution >= 4 is 0 Å². The summed E-state index contributed by atoms with van der Waals surface area (Å²) < 4.78 is 16.6. The van der Waals surface area contributed by atoms with E-state index < -0.39 is 0 Å². The summed E-state index contributed by atoms with van der Waals surface area (Å²) in [6, 6.07) is 12.5. The number of benzene rings is 1. The Morgan fingerprint density at radius 3 is 2.70 bits per heavy atom. The molecule has 174 valence electrons. The van der Waals surface area contributed by atoms with Crippen LogP contribution in [0.3, 0.4) is 0 Å². The number of ether oxygens (including phenoxy) is 3. The van der Waals surface area contributed by atoms with E-state index in [1.54, 1.807) is 14.2 Å². The highest BCUT2D eigenvalue weighted by Gasteiger charge is 2.24. The molecule has 0 radical (unpaired) electrons. The fourth-order valence-electron chi connectivity index (χ4n) is 4.12. The highest BCUT2D eigenvalue weighted by atomic mass is 16.5. The smallest absolute Gasteiger partial charge is 0.130 e. The Balaban J connectivity index is 1.42. The third-order valence-corrected chi connectivity index (χ3v) is 5.75. The van der Waals surface area contributed by atoms with Crippen LogP contribution in [0.1, 0.15) is 40.0 Å². The van der Waals surface area contributed by atoms with E-state index in [1.165, 1.54) is 11.1 Å². The molecule has 33 heavy (non-hydrogen) atoms. The van der Waals surface area contributed by atoms with Gasteiger partial charge < -0.3 is 14.2 Å². The van der Waals surface area contributed by atoms with Gasteiger partial charge in [0.15, 0.2) is 0 Å². The first kappa shape index (κ1) is 23.3. The van der Waals surface area contributed by atoms with Crippen LogP contribution >= 0.6 is 0 Å². The predicted molar refractivity (Wildman–Crippen MR) is 126 cm³/mol. The Morgan fingerprint density at radius 1 is 1.06 bits per heavy atom. The lowest BCUT2D eigenvalue weighted by Crippen LogP contribution is -2.38. The number of hydrogen-bond acceptors (Lipinski definition) is 7. The number of rotatable bonds is 9. The maximum atomic E-state index is 6.12. The molecule has 0 aliphatic carbocycles. The zero-order valence-corrected chi connectivity index (χ0v) is 19.7. The first-order valence-electron chi connectivity index (χ1n) is 11.4. The molecule has 0 spiro atoms. The largest absolute Gasteiger partial charge is 0.497 e.